The Morgan fingerprint density at radius 2 is 2.50 bits per heavy atom. The summed E-state index contributed by atoms with van der Waals surface area (Å²) in [5.74, 6) is 0.399. The molecule has 1 fully saturated rings. The van der Waals surface area contributed by atoms with Crippen LogP contribution in [-0.2, 0) is 6.54 Å². The molecule has 20 heavy (non-hydrogen) atoms. The minimum Gasteiger partial charge on any atom is -0.472 e. The number of aliphatic hydroxyl groups excluding tert-OH is 1. The number of hydrogen-bond acceptors (Lipinski definition) is 5. The van der Waals surface area contributed by atoms with Crippen molar-refractivity contribution in [1.29, 1.82) is 0 Å². The van der Waals surface area contributed by atoms with Gasteiger partial charge in [-0.15, -0.1) is 11.3 Å². The van der Waals surface area contributed by atoms with Crippen molar-refractivity contribution in [2.45, 2.75) is 32.4 Å². The lowest BCUT2D eigenvalue weighted by atomic mass is 9.93. The predicted molar refractivity (Wildman–Crippen MR) is 79.5 cm³/mol. The second kappa shape index (κ2) is 6.08. The molecule has 1 aliphatic rings. The SMILES string of the molecule is CC(O)C1CCCN(Cc2csc(-c3ccoc3)n2)C1. The molecule has 0 aromatic carbocycles. The molecule has 4 nitrogen and oxygen atoms in total. The Morgan fingerprint density at radius 1 is 1.60 bits per heavy atom. The highest BCUT2D eigenvalue weighted by molar-refractivity contribution is 7.13. The third-order valence-electron chi connectivity index (χ3n) is 3.93. The van der Waals surface area contributed by atoms with Gasteiger partial charge in [-0.2, -0.15) is 0 Å². The van der Waals surface area contributed by atoms with E-state index in [1.54, 1.807) is 23.9 Å². The van der Waals surface area contributed by atoms with Crippen LogP contribution in [0.25, 0.3) is 10.6 Å². The second-order valence-corrected chi connectivity index (χ2v) is 6.39. The smallest absolute Gasteiger partial charge is 0.126 e. The van der Waals surface area contributed by atoms with Crippen molar-refractivity contribution < 1.29 is 9.52 Å². The summed E-state index contributed by atoms with van der Waals surface area (Å²) < 4.78 is 5.10. The summed E-state index contributed by atoms with van der Waals surface area (Å²) in [5.41, 5.74) is 2.15. The molecule has 108 valence electrons. The summed E-state index contributed by atoms with van der Waals surface area (Å²) in [7, 11) is 0. The molecule has 1 N–H and O–H groups in total. The van der Waals surface area contributed by atoms with Crippen LogP contribution in [0.5, 0.6) is 0 Å². The van der Waals surface area contributed by atoms with E-state index in [-0.39, 0.29) is 6.10 Å². The Morgan fingerprint density at radius 3 is 3.25 bits per heavy atom. The van der Waals surface area contributed by atoms with E-state index < -0.39 is 0 Å². The minimum absolute atomic E-state index is 0.213. The van der Waals surface area contributed by atoms with E-state index in [0.717, 1.165) is 48.7 Å². The molecular formula is C15H20N2O2S. The number of nitrogens with zero attached hydrogens (tertiary/aromatic N) is 2. The molecule has 3 rings (SSSR count). The van der Waals surface area contributed by atoms with E-state index in [1.165, 1.54) is 0 Å². The Kier molecular flexibility index (Phi) is 4.19. The molecule has 0 spiro atoms. The lowest BCUT2D eigenvalue weighted by Crippen LogP contribution is -2.39. The zero-order valence-electron chi connectivity index (χ0n) is 11.7. The van der Waals surface area contributed by atoms with E-state index >= 15 is 0 Å². The maximum Gasteiger partial charge on any atom is 0.126 e. The van der Waals surface area contributed by atoms with Crippen molar-refractivity contribution >= 4 is 11.3 Å². The lowest BCUT2D eigenvalue weighted by molar-refractivity contribution is 0.0595. The number of furan rings is 1. The van der Waals surface area contributed by atoms with E-state index in [1.807, 2.05) is 13.0 Å². The molecule has 1 aliphatic heterocycles. The van der Waals surface area contributed by atoms with Crippen molar-refractivity contribution in [3.8, 4) is 10.6 Å². The van der Waals surface area contributed by atoms with Gasteiger partial charge in [0.15, 0.2) is 0 Å². The number of likely N-dealkylation sites (tertiary alicyclic amines) is 1. The van der Waals surface area contributed by atoms with Crippen LogP contribution >= 0.6 is 11.3 Å². The first-order valence-corrected chi connectivity index (χ1v) is 7.98. The molecule has 2 aromatic heterocycles. The van der Waals surface area contributed by atoms with Crippen LogP contribution in [0.3, 0.4) is 0 Å². The van der Waals surface area contributed by atoms with Gasteiger partial charge in [-0.3, -0.25) is 4.90 Å². The Bertz CT molecular complexity index is 536. The fourth-order valence-corrected chi connectivity index (χ4v) is 3.55. The average Bonchev–Trinajstić information content (AvgIpc) is 3.09. The monoisotopic (exact) mass is 292 g/mol. The molecular weight excluding hydrogens is 272 g/mol. The van der Waals surface area contributed by atoms with Gasteiger partial charge in [0, 0.05) is 24.0 Å². The summed E-state index contributed by atoms with van der Waals surface area (Å²) in [5, 5.41) is 12.9. The maximum atomic E-state index is 9.74. The number of hydrogen-bond donors (Lipinski definition) is 1. The summed E-state index contributed by atoms with van der Waals surface area (Å²) in [6.45, 7) is 4.84. The predicted octanol–water partition coefficient (Wildman–Crippen LogP) is 3.00. The largest absolute Gasteiger partial charge is 0.472 e. The molecule has 0 bridgehead atoms. The van der Waals surface area contributed by atoms with Gasteiger partial charge in [-0.1, -0.05) is 0 Å². The number of aliphatic hydroxyl groups is 1. The summed E-state index contributed by atoms with van der Waals surface area (Å²) >= 11 is 1.66. The first-order valence-electron chi connectivity index (χ1n) is 7.10. The van der Waals surface area contributed by atoms with Gasteiger partial charge in [0.2, 0.25) is 0 Å². The van der Waals surface area contributed by atoms with Crippen molar-refractivity contribution in [2.24, 2.45) is 5.92 Å². The van der Waals surface area contributed by atoms with Crippen molar-refractivity contribution in [1.82, 2.24) is 9.88 Å². The summed E-state index contributed by atoms with van der Waals surface area (Å²) in [4.78, 5) is 7.07. The molecule has 0 aliphatic carbocycles. The molecule has 0 radical (unpaired) electrons. The average molecular weight is 292 g/mol. The number of rotatable bonds is 4. The molecule has 3 heterocycles. The van der Waals surface area contributed by atoms with Crippen LogP contribution in [0.1, 0.15) is 25.5 Å². The molecule has 2 unspecified atom stereocenters. The Hall–Kier alpha value is -1.17. The van der Waals surface area contributed by atoms with Gasteiger partial charge in [-0.05, 0) is 38.3 Å². The van der Waals surface area contributed by atoms with Crippen molar-refractivity contribution in [2.75, 3.05) is 13.1 Å². The lowest BCUT2D eigenvalue weighted by Gasteiger charge is -2.33. The first-order chi connectivity index (χ1) is 9.72. The van der Waals surface area contributed by atoms with E-state index in [0.29, 0.717) is 5.92 Å². The number of thiazole rings is 1. The Balaban J connectivity index is 1.63. The standard InChI is InChI=1S/C15H20N2O2S/c1-11(18)12-3-2-5-17(7-12)8-14-10-20-15(16-14)13-4-6-19-9-13/h4,6,9-12,18H,2-3,5,7-8H2,1H3. The zero-order valence-corrected chi connectivity index (χ0v) is 12.5. The Labute approximate surface area is 123 Å². The van der Waals surface area contributed by atoms with Gasteiger partial charge in [0.25, 0.3) is 0 Å². The highest BCUT2D eigenvalue weighted by atomic mass is 32.1. The quantitative estimate of drug-likeness (QED) is 0.941. The van der Waals surface area contributed by atoms with Crippen LogP contribution < -0.4 is 0 Å². The van der Waals surface area contributed by atoms with Gasteiger partial charge in [0.1, 0.15) is 11.3 Å². The highest BCUT2D eigenvalue weighted by Crippen LogP contribution is 2.26. The fourth-order valence-electron chi connectivity index (χ4n) is 2.76. The first kappa shape index (κ1) is 13.8. The third kappa shape index (κ3) is 3.11. The van der Waals surface area contributed by atoms with Gasteiger partial charge in [-0.25, -0.2) is 4.98 Å². The molecule has 5 heteroatoms. The third-order valence-corrected chi connectivity index (χ3v) is 4.87. The van der Waals surface area contributed by atoms with E-state index in [4.69, 9.17) is 4.42 Å². The van der Waals surface area contributed by atoms with Crippen LogP contribution in [0.4, 0.5) is 0 Å². The summed E-state index contributed by atoms with van der Waals surface area (Å²) in [6, 6.07) is 1.94. The minimum atomic E-state index is -0.213. The summed E-state index contributed by atoms with van der Waals surface area (Å²) in [6.07, 6.45) is 5.48. The highest BCUT2D eigenvalue weighted by Gasteiger charge is 2.23. The number of piperidine rings is 1. The van der Waals surface area contributed by atoms with Crippen molar-refractivity contribution in [3.05, 3.63) is 29.7 Å². The topological polar surface area (TPSA) is 49.5 Å². The molecule has 2 aromatic rings. The van der Waals surface area contributed by atoms with Crippen LogP contribution in [0, 0.1) is 5.92 Å². The second-order valence-electron chi connectivity index (χ2n) is 5.53. The fraction of sp³-hybridized carbons (Fsp3) is 0.533. The molecule has 0 amide bonds. The van der Waals surface area contributed by atoms with Gasteiger partial charge >= 0.3 is 0 Å². The molecule has 1 saturated heterocycles. The van der Waals surface area contributed by atoms with E-state index in [2.05, 4.69) is 15.3 Å². The van der Waals surface area contributed by atoms with Crippen LogP contribution in [0.15, 0.2) is 28.4 Å². The van der Waals surface area contributed by atoms with Gasteiger partial charge < -0.3 is 9.52 Å². The van der Waals surface area contributed by atoms with E-state index in [9.17, 15) is 5.11 Å². The van der Waals surface area contributed by atoms with Crippen LogP contribution in [-0.4, -0.2) is 34.2 Å². The maximum absolute atomic E-state index is 9.74. The van der Waals surface area contributed by atoms with Gasteiger partial charge in [0.05, 0.1) is 18.1 Å². The van der Waals surface area contributed by atoms with Crippen LogP contribution in [0.2, 0.25) is 0 Å². The van der Waals surface area contributed by atoms with Crippen molar-refractivity contribution in [3.63, 3.8) is 0 Å². The normalized spacial score (nSPS) is 22.0. The zero-order chi connectivity index (χ0) is 13.9. The number of aromatic nitrogens is 1. The molecule has 2 atom stereocenters. The molecule has 0 saturated carbocycles.